The number of imidazole rings is 1. The van der Waals surface area contributed by atoms with Crippen LogP contribution in [0.3, 0.4) is 0 Å². The number of aromatic nitrogens is 2. The molecule has 1 aromatic heterocycles. The van der Waals surface area contributed by atoms with E-state index in [0.29, 0.717) is 23.7 Å². The summed E-state index contributed by atoms with van der Waals surface area (Å²) in [4.78, 5) is 0. The summed E-state index contributed by atoms with van der Waals surface area (Å²) in [6.07, 6.45) is 4.53. The van der Waals surface area contributed by atoms with Gasteiger partial charge in [0.2, 0.25) is 0 Å². The Labute approximate surface area is 236 Å². The Bertz CT molecular complexity index is 1310. The molecular formula is C33H41ClN2P2. The summed E-state index contributed by atoms with van der Waals surface area (Å²) in [5, 5.41) is 2.41. The minimum Gasteiger partial charge on any atom is -0.297 e. The van der Waals surface area contributed by atoms with Gasteiger partial charge in [0.25, 0.3) is 0 Å². The van der Waals surface area contributed by atoms with E-state index in [1.165, 1.54) is 44.1 Å². The number of halogens is 1. The molecule has 0 spiro atoms. The molecule has 3 aromatic carbocycles. The third-order valence-corrected chi connectivity index (χ3v) is 11.6. The molecule has 0 bridgehead atoms. The number of para-hydroxylation sites is 2. The van der Waals surface area contributed by atoms with Crippen LogP contribution in [-0.2, 0) is 0 Å². The molecule has 1 atom stereocenters. The number of nitrogens with zero attached hydrogens (tertiary/aromatic N) is 2. The molecule has 200 valence electrons. The predicted octanol–water partition coefficient (Wildman–Crippen LogP) is 11.1. The van der Waals surface area contributed by atoms with E-state index in [9.17, 15) is 0 Å². The predicted molar refractivity (Wildman–Crippen MR) is 170 cm³/mol. The first kappa shape index (κ1) is 28.9. The molecule has 0 unspecified atom stereocenters. The second-order valence-corrected chi connectivity index (χ2v) is 16.4. The van der Waals surface area contributed by atoms with Crippen molar-refractivity contribution in [3.05, 3.63) is 107 Å². The van der Waals surface area contributed by atoms with Crippen molar-refractivity contribution in [1.29, 1.82) is 0 Å². The Kier molecular flexibility index (Phi) is 9.41. The largest absolute Gasteiger partial charge is 0.297 e. The summed E-state index contributed by atoms with van der Waals surface area (Å²) in [6, 6.07) is 24.1. The van der Waals surface area contributed by atoms with Gasteiger partial charge in [-0.1, -0.05) is 133 Å². The second-order valence-electron chi connectivity index (χ2n) is 11.2. The topological polar surface area (TPSA) is 9.86 Å². The normalized spacial score (nSPS) is 12.9. The van der Waals surface area contributed by atoms with E-state index in [1.807, 2.05) is 0 Å². The highest BCUT2D eigenvalue weighted by molar-refractivity contribution is 8.34. The van der Waals surface area contributed by atoms with Crippen LogP contribution in [0.1, 0.15) is 101 Å². The van der Waals surface area contributed by atoms with Crippen LogP contribution in [0.25, 0.3) is 11.4 Å². The van der Waals surface area contributed by atoms with Gasteiger partial charge in [0.1, 0.15) is 0 Å². The van der Waals surface area contributed by atoms with Crippen molar-refractivity contribution < 1.29 is 0 Å². The van der Waals surface area contributed by atoms with E-state index in [2.05, 4.69) is 144 Å². The zero-order valence-electron chi connectivity index (χ0n) is 24.0. The molecule has 0 amide bonds. The highest BCUT2D eigenvalue weighted by Gasteiger charge is 2.21. The third kappa shape index (κ3) is 5.89. The molecule has 0 aliphatic carbocycles. The maximum absolute atomic E-state index is 7.25. The minimum atomic E-state index is -0.936. The van der Waals surface area contributed by atoms with Crippen LogP contribution in [0.2, 0.25) is 0 Å². The van der Waals surface area contributed by atoms with Gasteiger partial charge in [0.05, 0.1) is 18.3 Å². The molecule has 2 nitrogen and oxygen atoms in total. The fraction of sp³-hybridized carbons (Fsp3) is 0.364. The zero-order chi connectivity index (χ0) is 27.6. The van der Waals surface area contributed by atoms with Crippen LogP contribution >= 0.6 is 26.1 Å². The van der Waals surface area contributed by atoms with Gasteiger partial charge in [0, 0.05) is 12.4 Å². The SMILES string of the molecule is CC(C)c1cccc(C(C)C)c1-n1ccn(-c2c(C(C)C)cccc2C(C)C)c1=P[P@@](Cl)c1ccccc1. The number of hydrogen-bond acceptors (Lipinski definition) is 0. The van der Waals surface area contributed by atoms with E-state index in [-0.39, 0.29) is 0 Å². The summed E-state index contributed by atoms with van der Waals surface area (Å²) in [5.74, 6) is 1.63. The maximum Gasteiger partial charge on any atom is 0.151 e. The fourth-order valence-corrected chi connectivity index (χ4v) is 9.05. The van der Waals surface area contributed by atoms with Crippen LogP contribution in [0.4, 0.5) is 0 Å². The van der Waals surface area contributed by atoms with E-state index in [0.717, 1.165) is 7.89 Å². The third-order valence-electron chi connectivity index (χ3n) is 7.11. The standard InChI is InChI=1S/C33H41ClN2P2/c1-22(2)27-16-12-17-28(23(3)4)31(27)35-20-21-36(33(35)37-38(34)26-14-10-9-11-15-26)32-29(24(5)6)18-13-19-30(32)25(7)8/h9-25H,1-8H3/t38-/m1/s1. The Morgan fingerprint density at radius 1 is 0.553 bits per heavy atom. The molecule has 0 fully saturated rings. The van der Waals surface area contributed by atoms with Crippen molar-refractivity contribution in [3.8, 4) is 11.4 Å². The van der Waals surface area contributed by atoms with Crippen LogP contribution in [0, 0.1) is 5.20 Å². The highest BCUT2D eigenvalue weighted by Crippen LogP contribution is 2.55. The van der Waals surface area contributed by atoms with Gasteiger partial charge in [-0.3, -0.25) is 9.13 Å². The van der Waals surface area contributed by atoms with Gasteiger partial charge in [-0.25, -0.2) is 0 Å². The second kappa shape index (κ2) is 12.4. The average molecular weight is 563 g/mol. The first-order chi connectivity index (χ1) is 18.1. The molecule has 38 heavy (non-hydrogen) atoms. The van der Waals surface area contributed by atoms with Crippen molar-refractivity contribution in [1.82, 2.24) is 9.13 Å². The Balaban J connectivity index is 2.14. The maximum atomic E-state index is 7.25. The van der Waals surface area contributed by atoms with E-state index < -0.39 is 6.96 Å². The fourth-order valence-electron chi connectivity index (χ4n) is 5.10. The summed E-state index contributed by atoms with van der Waals surface area (Å²) in [5.41, 5.74) is 8.09. The molecule has 0 saturated heterocycles. The lowest BCUT2D eigenvalue weighted by Crippen LogP contribution is -2.10. The minimum absolute atomic E-state index is 0.407. The van der Waals surface area contributed by atoms with Crippen molar-refractivity contribution in [2.75, 3.05) is 0 Å². The lowest BCUT2D eigenvalue weighted by atomic mass is 9.92. The van der Waals surface area contributed by atoms with Gasteiger partial charge in [0.15, 0.2) is 5.20 Å². The van der Waals surface area contributed by atoms with E-state index in [4.69, 9.17) is 11.2 Å². The molecule has 4 aromatic rings. The van der Waals surface area contributed by atoms with Crippen molar-refractivity contribution in [3.63, 3.8) is 0 Å². The molecular weight excluding hydrogens is 522 g/mol. The molecule has 0 N–H and O–H groups in total. The lowest BCUT2D eigenvalue weighted by Gasteiger charge is -2.23. The molecule has 1 heterocycles. The highest BCUT2D eigenvalue weighted by atomic mass is 35.7. The van der Waals surface area contributed by atoms with Gasteiger partial charge in [-0.05, 0) is 59.1 Å². The Morgan fingerprint density at radius 2 is 0.921 bits per heavy atom. The van der Waals surface area contributed by atoms with Crippen molar-refractivity contribution >= 4 is 31.4 Å². The summed E-state index contributed by atoms with van der Waals surface area (Å²) >= 11 is 7.25. The molecule has 0 aliphatic rings. The van der Waals surface area contributed by atoms with Crippen LogP contribution in [-0.4, -0.2) is 9.13 Å². The van der Waals surface area contributed by atoms with E-state index >= 15 is 0 Å². The van der Waals surface area contributed by atoms with Crippen molar-refractivity contribution in [2.24, 2.45) is 0 Å². The summed E-state index contributed by atoms with van der Waals surface area (Å²) in [7, 11) is 1.11. The van der Waals surface area contributed by atoms with Crippen LogP contribution < -0.4 is 5.30 Å². The molecule has 5 heteroatoms. The van der Waals surface area contributed by atoms with Gasteiger partial charge in [-0.15, -0.1) is 0 Å². The Morgan fingerprint density at radius 3 is 1.26 bits per heavy atom. The van der Waals surface area contributed by atoms with Crippen LogP contribution in [0.5, 0.6) is 0 Å². The Hall–Kier alpha value is -2.11. The quantitative estimate of drug-likeness (QED) is 0.189. The zero-order valence-corrected chi connectivity index (χ0v) is 26.5. The number of benzene rings is 3. The number of rotatable bonds is 8. The molecule has 0 saturated carbocycles. The van der Waals surface area contributed by atoms with Gasteiger partial charge >= 0.3 is 0 Å². The van der Waals surface area contributed by atoms with Gasteiger partial charge < -0.3 is 0 Å². The molecule has 0 aliphatic heterocycles. The average Bonchev–Trinajstić information content (AvgIpc) is 3.30. The molecule has 4 rings (SSSR count). The smallest absolute Gasteiger partial charge is 0.151 e. The monoisotopic (exact) mass is 562 g/mol. The molecule has 0 radical (unpaired) electrons. The van der Waals surface area contributed by atoms with E-state index in [1.54, 1.807) is 0 Å². The summed E-state index contributed by atoms with van der Waals surface area (Å²) < 4.78 is 4.88. The van der Waals surface area contributed by atoms with Crippen LogP contribution in [0.15, 0.2) is 79.1 Å². The van der Waals surface area contributed by atoms with Gasteiger partial charge in [-0.2, -0.15) is 0 Å². The first-order valence-electron chi connectivity index (χ1n) is 13.7. The summed E-state index contributed by atoms with van der Waals surface area (Å²) in [6.45, 7) is 17.4. The number of hydrogen-bond donors (Lipinski definition) is 0. The lowest BCUT2D eigenvalue weighted by molar-refractivity contribution is 0.784. The van der Waals surface area contributed by atoms with Crippen molar-refractivity contribution in [2.45, 2.75) is 79.1 Å². The first-order valence-corrected chi connectivity index (χ1v) is 17.6.